The van der Waals surface area contributed by atoms with Crippen molar-refractivity contribution >= 4 is 15.9 Å². The molecular formula is C13H16BrFO. The summed E-state index contributed by atoms with van der Waals surface area (Å²) in [4.78, 5) is 0. The summed E-state index contributed by atoms with van der Waals surface area (Å²) in [7, 11) is 0. The highest BCUT2D eigenvalue weighted by molar-refractivity contribution is 9.10. The van der Waals surface area contributed by atoms with Gasteiger partial charge in [-0.3, -0.25) is 0 Å². The Morgan fingerprint density at radius 3 is 2.75 bits per heavy atom. The molecule has 0 spiro atoms. The molecule has 3 atom stereocenters. The minimum Gasteiger partial charge on any atom is -0.393 e. The van der Waals surface area contributed by atoms with Gasteiger partial charge in [0.15, 0.2) is 0 Å². The largest absolute Gasteiger partial charge is 0.393 e. The van der Waals surface area contributed by atoms with Gasteiger partial charge in [-0.05, 0) is 36.5 Å². The second-order valence-corrected chi connectivity index (χ2v) is 5.68. The fraction of sp³-hybridized carbons (Fsp3) is 0.538. The molecule has 0 heterocycles. The van der Waals surface area contributed by atoms with Crippen molar-refractivity contribution in [2.24, 2.45) is 5.41 Å². The summed E-state index contributed by atoms with van der Waals surface area (Å²) in [6.07, 6.45) is 1.47. The molecule has 3 unspecified atom stereocenters. The quantitative estimate of drug-likeness (QED) is 0.876. The van der Waals surface area contributed by atoms with Gasteiger partial charge in [0, 0.05) is 9.89 Å². The van der Waals surface area contributed by atoms with Crippen LogP contribution in [0.25, 0.3) is 0 Å². The van der Waals surface area contributed by atoms with Gasteiger partial charge < -0.3 is 5.11 Å². The number of hydrogen-bond donors (Lipinski definition) is 1. The highest BCUT2D eigenvalue weighted by Gasteiger charge is 2.50. The zero-order valence-corrected chi connectivity index (χ0v) is 11.1. The standard InChI is InChI=1S/C13H16BrFO/c1-3-13(2)10(7-12(13)16)9-5-4-8(15)6-11(9)14/h4-6,10,12,16H,3,7H2,1-2H3. The van der Waals surface area contributed by atoms with Crippen LogP contribution in [0, 0.1) is 11.2 Å². The average molecular weight is 287 g/mol. The Kier molecular flexibility index (Phi) is 3.10. The number of rotatable bonds is 2. The molecule has 1 aliphatic rings. The Hall–Kier alpha value is -0.410. The van der Waals surface area contributed by atoms with E-state index >= 15 is 0 Å². The van der Waals surface area contributed by atoms with E-state index in [9.17, 15) is 9.50 Å². The molecule has 1 nitrogen and oxygen atoms in total. The summed E-state index contributed by atoms with van der Waals surface area (Å²) in [6, 6.07) is 4.81. The Morgan fingerprint density at radius 2 is 2.25 bits per heavy atom. The van der Waals surface area contributed by atoms with Gasteiger partial charge in [0.1, 0.15) is 5.82 Å². The van der Waals surface area contributed by atoms with E-state index in [0.29, 0.717) is 5.92 Å². The first kappa shape index (κ1) is 12.1. The van der Waals surface area contributed by atoms with E-state index < -0.39 is 0 Å². The highest BCUT2D eigenvalue weighted by atomic mass is 79.9. The lowest BCUT2D eigenvalue weighted by molar-refractivity contribution is -0.0780. The lowest BCUT2D eigenvalue weighted by Gasteiger charge is -2.52. The summed E-state index contributed by atoms with van der Waals surface area (Å²) in [5.41, 5.74) is 1.04. The van der Waals surface area contributed by atoms with Gasteiger partial charge in [-0.15, -0.1) is 0 Å². The first-order chi connectivity index (χ1) is 7.49. The van der Waals surface area contributed by atoms with Gasteiger partial charge in [-0.1, -0.05) is 35.8 Å². The third-order valence-electron chi connectivity index (χ3n) is 4.12. The van der Waals surface area contributed by atoms with Crippen LogP contribution in [0.3, 0.4) is 0 Å². The van der Waals surface area contributed by atoms with E-state index in [0.717, 1.165) is 22.9 Å². The van der Waals surface area contributed by atoms with Crippen LogP contribution in [-0.2, 0) is 0 Å². The highest BCUT2D eigenvalue weighted by Crippen LogP contribution is 2.56. The molecule has 1 aliphatic carbocycles. The van der Waals surface area contributed by atoms with Crippen molar-refractivity contribution in [3.8, 4) is 0 Å². The third kappa shape index (κ3) is 1.70. The lowest BCUT2D eigenvalue weighted by Crippen LogP contribution is -2.49. The molecule has 0 saturated heterocycles. The van der Waals surface area contributed by atoms with Gasteiger partial charge in [0.05, 0.1) is 6.10 Å². The van der Waals surface area contributed by atoms with Crippen molar-refractivity contribution in [2.75, 3.05) is 0 Å². The number of halogens is 2. The third-order valence-corrected chi connectivity index (χ3v) is 4.80. The normalized spacial score (nSPS) is 33.6. The molecule has 88 valence electrons. The smallest absolute Gasteiger partial charge is 0.124 e. The van der Waals surface area contributed by atoms with Crippen LogP contribution in [0.15, 0.2) is 22.7 Å². The molecule has 1 aromatic carbocycles. The number of hydrogen-bond acceptors (Lipinski definition) is 1. The summed E-state index contributed by atoms with van der Waals surface area (Å²) in [6.45, 7) is 4.19. The Labute approximate surface area is 104 Å². The van der Waals surface area contributed by atoms with E-state index in [1.165, 1.54) is 12.1 Å². The molecule has 0 bridgehead atoms. The first-order valence-electron chi connectivity index (χ1n) is 5.62. The SMILES string of the molecule is CCC1(C)C(O)CC1c1ccc(F)cc1Br. The molecule has 0 radical (unpaired) electrons. The molecule has 16 heavy (non-hydrogen) atoms. The van der Waals surface area contributed by atoms with E-state index in [4.69, 9.17) is 0 Å². The Bertz CT molecular complexity index is 407. The van der Waals surface area contributed by atoms with Crippen LogP contribution >= 0.6 is 15.9 Å². The number of aliphatic hydroxyl groups is 1. The molecule has 0 aromatic heterocycles. The molecule has 1 fully saturated rings. The fourth-order valence-electron chi connectivity index (χ4n) is 2.58. The number of benzene rings is 1. The molecular weight excluding hydrogens is 271 g/mol. The zero-order chi connectivity index (χ0) is 11.9. The molecule has 1 aromatic rings. The summed E-state index contributed by atoms with van der Waals surface area (Å²) in [5, 5.41) is 9.85. The Morgan fingerprint density at radius 1 is 1.56 bits per heavy atom. The van der Waals surface area contributed by atoms with Gasteiger partial charge in [-0.2, -0.15) is 0 Å². The van der Waals surface area contributed by atoms with Crippen LogP contribution in [0.4, 0.5) is 4.39 Å². The van der Waals surface area contributed by atoms with Crippen LogP contribution in [-0.4, -0.2) is 11.2 Å². The summed E-state index contributed by atoms with van der Waals surface area (Å²) >= 11 is 3.40. The molecule has 0 amide bonds. The fourth-order valence-corrected chi connectivity index (χ4v) is 3.21. The Balaban J connectivity index is 2.33. The van der Waals surface area contributed by atoms with Crippen LogP contribution in [0.5, 0.6) is 0 Å². The summed E-state index contributed by atoms with van der Waals surface area (Å²) < 4.78 is 13.8. The monoisotopic (exact) mass is 286 g/mol. The minimum absolute atomic E-state index is 0.0691. The molecule has 2 rings (SSSR count). The molecule has 1 saturated carbocycles. The minimum atomic E-state index is -0.237. The van der Waals surface area contributed by atoms with E-state index in [2.05, 4.69) is 29.8 Å². The average Bonchev–Trinajstić information content (AvgIpc) is 2.26. The maximum absolute atomic E-state index is 13.0. The van der Waals surface area contributed by atoms with Crippen molar-refractivity contribution in [2.45, 2.75) is 38.7 Å². The predicted molar refractivity (Wildman–Crippen MR) is 65.9 cm³/mol. The van der Waals surface area contributed by atoms with Gasteiger partial charge in [0.2, 0.25) is 0 Å². The second-order valence-electron chi connectivity index (χ2n) is 4.83. The predicted octanol–water partition coefficient (Wildman–Crippen LogP) is 3.85. The van der Waals surface area contributed by atoms with E-state index in [1.54, 1.807) is 0 Å². The van der Waals surface area contributed by atoms with Crippen LogP contribution < -0.4 is 0 Å². The molecule has 3 heteroatoms. The first-order valence-corrected chi connectivity index (χ1v) is 6.41. The second kappa shape index (κ2) is 4.11. The van der Waals surface area contributed by atoms with E-state index in [-0.39, 0.29) is 17.3 Å². The summed E-state index contributed by atoms with van der Waals surface area (Å²) in [5.74, 6) is 0.0937. The topological polar surface area (TPSA) is 20.2 Å². The van der Waals surface area contributed by atoms with Crippen molar-refractivity contribution in [1.29, 1.82) is 0 Å². The van der Waals surface area contributed by atoms with Gasteiger partial charge in [-0.25, -0.2) is 4.39 Å². The maximum atomic E-state index is 13.0. The van der Waals surface area contributed by atoms with Gasteiger partial charge in [0.25, 0.3) is 0 Å². The van der Waals surface area contributed by atoms with E-state index in [1.807, 2.05) is 6.07 Å². The molecule has 0 aliphatic heterocycles. The van der Waals surface area contributed by atoms with Crippen molar-refractivity contribution in [3.63, 3.8) is 0 Å². The molecule has 1 N–H and O–H groups in total. The van der Waals surface area contributed by atoms with Crippen molar-refractivity contribution < 1.29 is 9.50 Å². The van der Waals surface area contributed by atoms with Crippen molar-refractivity contribution in [3.05, 3.63) is 34.1 Å². The van der Waals surface area contributed by atoms with Gasteiger partial charge >= 0.3 is 0 Å². The maximum Gasteiger partial charge on any atom is 0.124 e. The zero-order valence-electron chi connectivity index (χ0n) is 9.50. The number of aliphatic hydroxyl groups excluding tert-OH is 1. The van der Waals surface area contributed by atoms with Crippen molar-refractivity contribution in [1.82, 2.24) is 0 Å². The van der Waals surface area contributed by atoms with Crippen LogP contribution in [0.2, 0.25) is 0 Å². The lowest BCUT2D eigenvalue weighted by atomic mass is 9.55. The van der Waals surface area contributed by atoms with Crippen LogP contribution in [0.1, 0.15) is 38.2 Å².